The van der Waals surface area contributed by atoms with Crippen LogP contribution in [-0.2, 0) is 14.3 Å². The fraction of sp³-hybridized carbons (Fsp3) is 0.267. The SMILES string of the molecule is CCCOC(=O)c1cccc(NC(=O)/C(C)=C\C(=O)O)c1. The van der Waals surface area contributed by atoms with E-state index in [0.717, 1.165) is 12.5 Å². The molecule has 0 aliphatic rings. The summed E-state index contributed by atoms with van der Waals surface area (Å²) in [5.74, 6) is -2.21. The van der Waals surface area contributed by atoms with Crippen molar-refractivity contribution in [2.75, 3.05) is 11.9 Å². The quantitative estimate of drug-likeness (QED) is 0.619. The van der Waals surface area contributed by atoms with E-state index in [4.69, 9.17) is 9.84 Å². The van der Waals surface area contributed by atoms with E-state index in [2.05, 4.69) is 5.32 Å². The first-order valence-corrected chi connectivity index (χ1v) is 6.43. The normalized spacial score (nSPS) is 10.9. The fourth-order valence-electron chi connectivity index (χ4n) is 1.48. The van der Waals surface area contributed by atoms with Crippen LogP contribution in [0.25, 0.3) is 0 Å². The number of amides is 1. The van der Waals surface area contributed by atoms with Crippen molar-refractivity contribution in [2.24, 2.45) is 0 Å². The fourth-order valence-corrected chi connectivity index (χ4v) is 1.48. The molecule has 0 spiro atoms. The van der Waals surface area contributed by atoms with Gasteiger partial charge in [0.2, 0.25) is 0 Å². The second-order valence-electron chi connectivity index (χ2n) is 4.34. The monoisotopic (exact) mass is 291 g/mol. The molecular formula is C15H17NO5. The smallest absolute Gasteiger partial charge is 0.338 e. The second kappa shape index (κ2) is 7.84. The highest BCUT2D eigenvalue weighted by molar-refractivity contribution is 6.06. The average Bonchev–Trinajstić information content (AvgIpc) is 2.44. The van der Waals surface area contributed by atoms with Crippen LogP contribution in [0.5, 0.6) is 0 Å². The molecule has 6 nitrogen and oxygen atoms in total. The van der Waals surface area contributed by atoms with Crippen LogP contribution < -0.4 is 5.32 Å². The van der Waals surface area contributed by atoms with Crippen molar-refractivity contribution in [3.63, 3.8) is 0 Å². The van der Waals surface area contributed by atoms with Gasteiger partial charge in [-0.15, -0.1) is 0 Å². The topological polar surface area (TPSA) is 92.7 Å². The van der Waals surface area contributed by atoms with E-state index < -0.39 is 17.8 Å². The van der Waals surface area contributed by atoms with Gasteiger partial charge in [0.25, 0.3) is 5.91 Å². The minimum Gasteiger partial charge on any atom is -0.478 e. The molecule has 112 valence electrons. The van der Waals surface area contributed by atoms with Crippen molar-refractivity contribution in [3.05, 3.63) is 41.5 Å². The molecule has 0 saturated heterocycles. The second-order valence-corrected chi connectivity index (χ2v) is 4.34. The largest absolute Gasteiger partial charge is 0.478 e. The highest BCUT2D eigenvalue weighted by Gasteiger charge is 2.10. The zero-order valence-electron chi connectivity index (χ0n) is 11.9. The van der Waals surface area contributed by atoms with Crippen LogP contribution in [0.1, 0.15) is 30.6 Å². The number of anilines is 1. The molecule has 1 aromatic carbocycles. The number of carbonyl (C=O) groups excluding carboxylic acids is 2. The molecule has 6 heteroatoms. The zero-order valence-corrected chi connectivity index (χ0v) is 11.9. The number of carboxylic acids is 1. The summed E-state index contributed by atoms with van der Waals surface area (Å²) < 4.78 is 5.00. The van der Waals surface area contributed by atoms with Crippen molar-refractivity contribution in [1.82, 2.24) is 0 Å². The molecule has 0 radical (unpaired) electrons. The van der Waals surface area contributed by atoms with Crippen molar-refractivity contribution in [3.8, 4) is 0 Å². The summed E-state index contributed by atoms with van der Waals surface area (Å²) in [7, 11) is 0. The van der Waals surface area contributed by atoms with E-state index in [1.807, 2.05) is 6.92 Å². The van der Waals surface area contributed by atoms with Gasteiger partial charge in [-0.25, -0.2) is 9.59 Å². The van der Waals surface area contributed by atoms with E-state index in [9.17, 15) is 14.4 Å². The summed E-state index contributed by atoms with van der Waals surface area (Å²) in [6.45, 7) is 3.61. The van der Waals surface area contributed by atoms with Gasteiger partial charge in [0.15, 0.2) is 0 Å². The predicted octanol–water partition coefficient (Wildman–Crippen LogP) is 2.22. The first kappa shape index (κ1) is 16.4. The average molecular weight is 291 g/mol. The molecule has 0 unspecified atom stereocenters. The van der Waals surface area contributed by atoms with Crippen molar-refractivity contribution < 1.29 is 24.2 Å². The van der Waals surface area contributed by atoms with Crippen LogP contribution in [-0.4, -0.2) is 29.6 Å². The summed E-state index contributed by atoms with van der Waals surface area (Å²) in [6, 6.07) is 6.26. The number of hydrogen-bond acceptors (Lipinski definition) is 4. The van der Waals surface area contributed by atoms with Gasteiger partial charge < -0.3 is 15.2 Å². The molecule has 0 atom stereocenters. The molecule has 0 saturated carbocycles. The Morgan fingerprint density at radius 3 is 2.67 bits per heavy atom. The summed E-state index contributed by atoms with van der Waals surface area (Å²) in [4.78, 5) is 33.9. The van der Waals surface area contributed by atoms with Gasteiger partial charge in [-0.2, -0.15) is 0 Å². The van der Waals surface area contributed by atoms with Crippen LogP contribution in [0.3, 0.4) is 0 Å². The minimum absolute atomic E-state index is 0.0569. The number of hydrogen-bond donors (Lipinski definition) is 2. The molecule has 21 heavy (non-hydrogen) atoms. The zero-order chi connectivity index (χ0) is 15.8. The number of carbonyl (C=O) groups is 3. The van der Waals surface area contributed by atoms with E-state index >= 15 is 0 Å². The number of ether oxygens (including phenoxy) is 1. The predicted molar refractivity (Wildman–Crippen MR) is 77.0 cm³/mol. The summed E-state index contributed by atoms with van der Waals surface area (Å²) >= 11 is 0. The number of carboxylic acid groups (broad SMARTS) is 1. The summed E-state index contributed by atoms with van der Waals surface area (Å²) in [5.41, 5.74) is 0.770. The molecule has 0 heterocycles. The van der Waals surface area contributed by atoms with E-state index in [1.165, 1.54) is 13.0 Å². The van der Waals surface area contributed by atoms with Crippen LogP contribution in [0.2, 0.25) is 0 Å². The number of benzene rings is 1. The molecule has 1 amide bonds. The van der Waals surface area contributed by atoms with Crippen molar-refractivity contribution in [1.29, 1.82) is 0 Å². The lowest BCUT2D eigenvalue weighted by molar-refractivity contribution is -0.131. The lowest BCUT2D eigenvalue weighted by Gasteiger charge is -2.07. The molecule has 0 aliphatic carbocycles. The molecule has 1 rings (SSSR count). The standard InChI is InChI=1S/C15H17NO5/c1-3-7-21-15(20)11-5-4-6-12(9-11)16-14(19)10(2)8-13(17)18/h4-6,8-9H,3,7H2,1-2H3,(H,16,19)(H,17,18)/b10-8-. The summed E-state index contributed by atoms with van der Waals surface area (Å²) in [5, 5.41) is 11.1. The summed E-state index contributed by atoms with van der Waals surface area (Å²) in [6.07, 6.45) is 1.54. The molecule has 0 bridgehead atoms. The van der Waals surface area contributed by atoms with Gasteiger partial charge >= 0.3 is 11.9 Å². The Bertz CT molecular complexity index is 577. The maximum atomic E-state index is 11.7. The third kappa shape index (κ3) is 5.48. The molecule has 0 aliphatic heterocycles. The van der Waals surface area contributed by atoms with Gasteiger partial charge in [-0.3, -0.25) is 4.79 Å². The van der Waals surface area contributed by atoms with Gasteiger partial charge in [0.1, 0.15) is 0 Å². The van der Waals surface area contributed by atoms with E-state index in [1.54, 1.807) is 18.2 Å². The Morgan fingerprint density at radius 2 is 2.05 bits per heavy atom. The lowest BCUT2D eigenvalue weighted by Crippen LogP contribution is -2.14. The Labute approximate surface area is 122 Å². The third-order valence-electron chi connectivity index (χ3n) is 2.49. The first-order valence-electron chi connectivity index (χ1n) is 6.43. The van der Waals surface area contributed by atoms with Crippen molar-refractivity contribution in [2.45, 2.75) is 20.3 Å². The lowest BCUT2D eigenvalue weighted by atomic mass is 10.2. The van der Waals surface area contributed by atoms with Crippen LogP contribution in [0.4, 0.5) is 5.69 Å². The van der Waals surface area contributed by atoms with Gasteiger partial charge in [0, 0.05) is 17.3 Å². The van der Waals surface area contributed by atoms with Gasteiger partial charge in [0.05, 0.1) is 12.2 Å². The Hall–Kier alpha value is -2.63. The van der Waals surface area contributed by atoms with Crippen LogP contribution in [0.15, 0.2) is 35.9 Å². The number of nitrogens with one attached hydrogen (secondary N) is 1. The number of esters is 1. The highest BCUT2D eigenvalue weighted by Crippen LogP contribution is 2.13. The molecular weight excluding hydrogens is 274 g/mol. The molecule has 0 fully saturated rings. The molecule has 1 aromatic rings. The molecule has 0 aromatic heterocycles. The Morgan fingerprint density at radius 1 is 1.33 bits per heavy atom. The van der Waals surface area contributed by atoms with Crippen LogP contribution >= 0.6 is 0 Å². The maximum absolute atomic E-state index is 11.7. The minimum atomic E-state index is -1.19. The van der Waals surface area contributed by atoms with Crippen LogP contribution in [0, 0.1) is 0 Å². The van der Waals surface area contributed by atoms with Crippen molar-refractivity contribution >= 4 is 23.5 Å². The molecule has 2 N–H and O–H groups in total. The first-order chi connectivity index (χ1) is 9.93. The Kier molecular flexibility index (Phi) is 6.13. The van der Waals surface area contributed by atoms with Gasteiger partial charge in [-0.05, 0) is 31.5 Å². The highest BCUT2D eigenvalue weighted by atomic mass is 16.5. The van der Waals surface area contributed by atoms with E-state index in [-0.39, 0.29) is 5.57 Å². The number of rotatable bonds is 6. The maximum Gasteiger partial charge on any atom is 0.338 e. The Balaban J connectivity index is 2.79. The van der Waals surface area contributed by atoms with Gasteiger partial charge in [-0.1, -0.05) is 13.0 Å². The number of aliphatic carboxylic acids is 1. The third-order valence-corrected chi connectivity index (χ3v) is 2.49. The van der Waals surface area contributed by atoms with E-state index in [0.29, 0.717) is 17.9 Å².